The van der Waals surface area contributed by atoms with Gasteiger partial charge in [0.05, 0.1) is 30.5 Å². The Balaban J connectivity index is 0.00000196. The van der Waals surface area contributed by atoms with Gasteiger partial charge in [0.25, 0.3) is 0 Å². The van der Waals surface area contributed by atoms with Crippen molar-refractivity contribution < 1.29 is 9.53 Å². The topological polar surface area (TPSA) is 68.2 Å². The van der Waals surface area contributed by atoms with E-state index in [1.165, 1.54) is 5.56 Å². The molecular weight excluding hydrogens is 399 g/mol. The number of nitrogens with zero attached hydrogens (tertiary/aromatic N) is 2. The number of rotatable bonds is 9. The number of aromatic nitrogens is 2. The number of carbonyl (C=O) groups is 1. The lowest BCUT2D eigenvalue weighted by molar-refractivity contribution is -0.120. The summed E-state index contributed by atoms with van der Waals surface area (Å²) in [7, 11) is 1.64. The highest BCUT2D eigenvalue weighted by Crippen LogP contribution is 2.14. The van der Waals surface area contributed by atoms with Gasteiger partial charge in [0.15, 0.2) is 0 Å². The second kappa shape index (κ2) is 12.4. The van der Waals surface area contributed by atoms with Gasteiger partial charge in [-0.15, -0.1) is 24.8 Å². The van der Waals surface area contributed by atoms with Gasteiger partial charge < -0.3 is 19.9 Å². The third-order valence-corrected chi connectivity index (χ3v) is 4.13. The summed E-state index contributed by atoms with van der Waals surface area (Å²) in [6.45, 7) is 2.82. The molecule has 1 amide bonds. The molecule has 3 aromatic rings. The van der Waals surface area contributed by atoms with Crippen molar-refractivity contribution >= 4 is 41.8 Å². The second-order valence-electron chi connectivity index (χ2n) is 6.13. The van der Waals surface area contributed by atoms with Crippen LogP contribution in [0.1, 0.15) is 11.1 Å². The summed E-state index contributed by atoms with van der Waals surface area (Å²) in [5.74, 6) is -0.0212. The van der Waals surface area contributed by atoms with Crippen LogP contribution >= 0.6 is 24.8 Å². The summed E-state index contributed by atoms with van der Waals surface area (Å²) in [6.07, 6.45) is 1.87. The van der Waals surface area contributed by atoms with E-state index in [2.05, 4.69) is 38.4 Å². The van der Waals surface area contributed by atoms with Crippen LogP contribution in [-0.4, -0.2) is 42.3 Å². The van der Waals surface area contributed by atoms with Crippen molar-refractivity contribution in [1.82, 2.24) is 20.2 Å². The lowest BCUT2D eigenvalue weighted by Crippen LogP contribution is -2.34. The minimum atomic E-state index is -0.0212. The number of hydrogen-bond donors (Lipinski definition) is 2. The van der Waals surface area contributed by atoms with Crippen LogP contribution in [-0.2, 0) is 22.6 Å². The van der Waals surface area contributed by atoms with Gasteiger partial charge in [-0.2, -0.15) is 0 Å². The van der Waals surface area contributed by atoms with E-state index < -0.39 is 0 Å². The molecular formula is C20H26Cl2N4O2. The van der Waals surface area contributed by atoms with Gasteiger partial charge in [0.1, 0.15) is 0 Å². The van der Waals surface area contributed by atoms with Gasteiger partial charge in [-0.1, -0.05) is 36.4 Å². The minimum absolute atomic E-state index is 0. The molecule has 28 heavy (non-hydrogen) atoms. The van der Waals surface area contributed by atoms with Crippen molar-refractivity contribution in [1.29, 1.82) is 0 Å². The zero-order valence-electron chi connectivity index (χ0n) is 15.8. The quantitative estimate of drug-likeness (QED) is 0.518. The van der Waals surface area contributed by atoms with Crippen LogP contribution in [0.4, 0.5) is 0 Å². The standard InChI is InChI=1S/C20H24N4O2.2ClH/c1-26-10-9-21-13-20(25)22-12-16-5-4-6-17(11-16)14-24-15-23-18-7-2-3-8-19(18)24;;/h2-8,11,15,21H,9-10,12-14H2,1H3,(H,22,25);2*1H. The molecule has 1 aromatic heterocycles. The molecule has 0 aliphatic carbocycles. The van der Waals surface area contributed by atoms with Gasteiger partial charge in [-0.25, -0.2) is 4.98 Å². The minimum Gasteiger partial charge on any atom is -0.383 e. The Bertz CT molecular complexity index is 870. The van der Waals surface area contributed by atoms with Crippen molar-refractivity contribution in [3.05, 3.63) is 66.0 Å². The number of methoxy groups -OCH3 is 1. The van der Waals surface area contributed by atoms with Crippen LogP contribution in [0.2, 0.25) is 0 Å². The number of halogens is 2. The number of imidazole rings is 1. The SMILES string of the molecule is COCCNCC(=O)NCc1cccc(Cn2cnc3ccccc32)c1.Cl.Cl. The number of amides is 1. The van der Waals surface area contributed by atoms with Gasteiger partial charge in [0, 0.05) is 26.7 Å². The third-order valence-electron chi connectivity index (χ3n) is 4.13. The van der Waals surface area contributed by atoms with Crippen molar-refractivity contribution in [3.8, 4) is 0 Å². The van der Waals surface area contributed by atoms with Crippen LogP contribution in [0.15, 0.2) is 54.9 Å². The molecule has 6 nitrogen and oxygen atoms in total. The molecule has 1 heterocycles. The highest BCUT2D eigenvalue weighted by Gasteiger charge is 2.04. The van der Waals surface area contributed by atoms with Gasteiger partial charge >= 0.3 is 0 Å². The van der Waals surface area contributed by atoms with Crippen molar-refractivity contribution in [2.75, 3.05) is 26.8 Å². The Kier molecular flexibility index (Phi) is 10.6. The molecule has 2 aromatic carbocycles. The maximum atomic E-state index is 11.8. The van der Waals surface area contributed by atoms with Gasteiger partial charge in [-0.3, -0.25) is 4.79 Å². The molecule has 0 aliphatic rings. The first-order chi connectivity index (χ1) is 12.8. The molecule has 3 rings (SSSR count). The first-order valence-electron chi connectivity index (χ1n) is 8.70. The fourth-order valence-corrected chi connectivity index (χ4v) is 2.81. The smallest absolute Gasteiger partial charge is 0.234 e. The monoisotopic (exact) mass is 424 g/mol. The molecule has 0 fully saturated rings. The molecule has 0 saturated carbocycles. The van der Waals surface area contributed by atoms with Crippen molar-refractivity contribution in [2.45, 2.75) is 13.1 Å². The van der Waals surface area contributed by atoms with Crippen LogP contribution < -0.4 is 10.6 Å². The molecule has 0 aliphatic heterocycles. The van der Waals surface area contributed by atoms with E-state index in [4.69, 9.17) is 4.74 Å². The Morgan fingerprint density at radius 3 is 2.71 bits per heavy atom. The fourth-order valence-electron chi connectivity index (χ4n) is 2.81. The Morgan fingerprint density at radius 1 is 1.11 bits per heavy atom. The number of hydrogen-bond acceptors (Lipinski definition) is 4. The van der Waals surface area contributed by atoms with E-state index in [1.807, 2.05) is 36.7 Å². The molecule has 0 unspecified atom stereocenters. The first-order valence-corrected chi connectivity index (χ1v) is 8.70. The zero-order chi connectivity index (χ0) is 18.2. The Hall–Kier alpha value is -2.12. The van der Waals surface area contributed by atoms with E-state index in [-0.39, 0.29) is 30.7 Å². The Morgan fingerprint density at radius 2 is 1.89 bits per heavy atom. The molecule has 0 radical (unpaired) electrons. The summed E-state index contributed by atoms with van der Waals surface area (Å²) < 4.78 is 7.07. The largest absolute Gasteiger partial charge is 0.383 e. The van der Waals surface area contributed by atoms with E-state index in [9.17, 15) is 4.79 Å². The van der Waals surface area contributed by atoms with E-state index >= 15 is 0 Å². The molecule has 8 heteroatoms. The predicted octanol–water partition coefficient (Wildman–Crippen LogP) is 2.78. The molecule has 0 saturated heterocycles. The number of ether oxygens (including phenoxy) is 1. The molecule has 0 atom stereocenters. The average molecular weight is 425 g/mol. The number of nitrogens with one attached hydrogen (secondary N) is 2. The normalized spacial score (nSPS) is 10.2. The van der Waals surface area contributed by atoms with Crippen molar-refractivity contribution in [2.24, 2.45) is 0 Å². The lowest BCUT2D eigenvalue weighted by atomic mass is 10.1. The van der Waals surface area contributed by atoms with Crippen LogP contribution in [0, 0.1) is 0 Å². The summed E-state index contributed by atoms with van der Waals surface area (Å²) >= 11 is 0. The summed E-state index contributed by atoms with van der Waals surface area (Å²) in [5, 5.41) is 5.96. The van der Waals surface area contributed by atoms with E-state index in [1.54, 1.807) is 7.11 Å². The fraction of sp³-hybridized carbons (Fsp3) is 0.300. The molecule has 2 N–H and O–H groups in total. The maximum Gasteiger partial charge on any atom is 0.234 e. The summed E-state index contributed by atoms with van der Waals surface area (Å²) in [6, 6.07) is 16.3. The van der Waals surface area contributed by atoms with E-state index in [0.717, 1.165) is 23.1 Å². The maximum absolute atomic E-state index is 11.8. The highest BCUT2D eigenvalue weighted by atomic mass is 35.5. The van der Waals surface area contributed by atoms with Gasteiger partial charge in [0.2, 0.25) is 5.91 Å². The van der Waals surface area contributed by atoms with Crippen LogP contribution in [0.25, 0.3) is 11.0 Å². The Labute approximate surface area is 177 Å². The number of para-hydroxylation sites is 2. The molecule has 152 valence electrons. The number of fused-ring (bicyclic) bond motifs is 1. The molecule has 0 spiro atoms. The number of carbonyl (C=O) groups excluding carboxylic acids is 1. The highest BCUT2D eigenvalue weighted by molar-refractivity contribution is 5.85. The second-order valence-corrected chi connectivity index (χ2v) is 6.13. The zero-order valence-corrected chi connectivity index (χ0v) is 17.4. The molecule has 0 bridgehead atoms. The predicted molar refractivity (Wildman–Crippen MR) is 116 cm³/mol. The van der Waals surface area contributed by atoms with Crippen LogP contribution in [0.5, 0.6) is 0 Å². The first kappa shape index (κ1) is 23.9. The van der Waals surface area contributed by atoms with Crippen LogP contribution in [0.3, 0.4) is 0 Å². The summed E-state index contributed by atoms with van der Waals surface area (Å²) in [4.78, 5) is 16.3. The van der Waals surface area contributed by atoms with E-state index in [0.29, 0.717) is 26.2 Å². The summed E-state index contributed by atoms with van der Waals surface area (Å²) in [5.41, 5.74) is 4.38. The van der Waals surface area contributed by atoms with Crippen molar-refractivity contribution in [3.63, 3.8) is 0 Å². The number of benzene rings is 2. The third kappa shape index (κ3) is 6.80. The average Bonchev–Trinajstić information content (AvgIpc) is 3.07. The van der Waals surface area contributed by atoms with Gasteiger partial charge in [-0.05, 0) is 23.3 Å². The lowest BCUT2D eigenvalue weighted by Gasteiger charge is -2.09.